The molecule has 0 atom stereocenters. The predicted octanol–water partition coefficient (Wildman–Crippen LogP) is 2.11. The third-order valence-electron chi connectivity index (χ3n) is 2.73. The number of hydrogen-bond donors (Lipinski definition) is 1. The molecule has 1 saturated carbocycles. The number of rotatable bonds is 5. The Morgan fingerprint density at radius 3 is 3.00 bits per heavy atom. The van der Waals surface area contributed by atoms with Crippen molar-refractivity contribution in [1.29, 1.82) is 0 Å². The van der Waals surface area contributed by atoms with E-state index in [4.69, 9.17) is 4.74 Å². The van der Waals surface area contributed by atoms with Gasteiger partial charge in [0.05, 0.1) is 11.1 Å². The second kappa shape index (κ2) is 5.05. The van der Waals surface area contributed by atoms with Crippen LogP contribution in [0.3, 0.4) is 0 Å². The first-order chi connectivity index (χ1) is 7.28. The number of aryl methyl sites for hydroxylation is 1. The molecule has 1 heterocycles. The fraction of sp³-hybridized carbons (Fsp3) is 0.727. The van der Waals surface area contributed by atoms with Gasteiger partial charge in [-0.3, -0.25) is 0 Å². The highest BCUT2D eigenvalue weighted by molar-refractivity contribution is 7.11. The summed E-state index contributed by atoms with van der Waals surface area (Å²) in [5.41, 5.74) is 0. The molecule has 1 aromatic heterocycles. The van der Waals surface area contributed by atoms with Gasteiger partial charge in [0.2, 0.25) is 0 Å². The molecule has 0 bridgehead atoms. The fourth-order valence-electron chi connectivity index (χ4n) is 1.84. The summed E-state index contributed by atoms with van der Waals surface area (Å²) >= 11 is 1.77. The van der Waals surface area contributed by atoms with Crippen LogP contribution in [0.25, 0.3) is 0 Å². The van der Waals surface area contributed by atoms with Gasteiger partial charge in [0, 0.05) is 30.3 Å². The average Bonchev–Trinajstić information content (AvgIpc) is 2.55. The van der Waals surface area contributed by atoms with E-state index in [-0.39, 0.29) is 0 Å². The van der Waals surface area contributed by atoms with Crippen molar-refractivity contribution >= 4 is 11.3 Å². The molecule has 1 aliphatic carbocycles. The number of aromatic nitrogens is 1. The molecule has 1 aromatic rings. The first kappa shape index (κ1) is 11.0. The summed E-state index contributed by atoms with van der Waals surface area (Å²) in [7, 11) is 0. The third-order valence-corrected chi connectivity index (χ3v) is 3.64. The van der Waals surface area contributed by atoms with Crippen LogP contribution in [0, 0.1) is 6.92 Å². The van der Waals surface area contributed by atoms with E-state index in [0.29, 0.717) is 12.1 Å². The van der Waals surface area contributed by atoms with Crippen LogP contribution < -0.4 is 5.32 Å². The molecule has 2 rings (SSSR count). The zero-order chi connectivity index (χ0) is 10.7. The van der Waals surface area contributed by atoms with E-state index in [9.17, 15) is 0 Å². The van der Waals surface area contributed by atoms with E-state index < -0.39 is 0 Å². The molecule has 0 aliphatic heterocycles. The summed E-state index contributed by atoms with van der Waals surface area (Å²) in [6.07, 6.45) is 4.78. The van der Waals surface area contributed by atoms with Crippen molar-refractivity contribution in [3.8, 4) is 0 Å². The Morgan fingerprint density at radius 2 is 2.40 bits per heavy atom. The minimum Gasteiger partial charge on any atom is -0.378 e. The van der Waals surface area contributed by atoms with Crippen LogP contribution in [0.15, 0.2) is 6.20 Å². The summed E-state index contributed by atoms with van der Waals surface area (Å²) in [6.45, 7) is 5.89. The van der Waals surface area contributed by atoms with E-state index in [1.165, 1.54) is 4.88 Å². The molecule has 0 aromatic carbocycles. The maximum Gasteiger partial charge on any atom is 0.0897 e. The highest BCUT2D eigenvalue weighted by Gasteiger charge is 2.28. The van der Waals surface area contributed by atoms with Crippen LogP contribution >= 0.6 is 11.3 Å². The number of ether oxygens (including phenoxy) is 1. The van der Waals surface area contributed by atoms with Gasteiger partial charge >= 0.3 is 0 Å². The summed E-state index contributed by atoms with van der Waals surface area (Å²) in [5, 5.41) is 4.67. The monoisotopic (exact) mass is 226 g/mol. The summed E-state index contributed by atoms with van der Waals surface area (Å²) in [4.78, 5) is 5.56. The van der Waals surface area contributed by atoms with Crippen LogP contribution in [-0.4, -0.2) is 23.7 Å². The van der Waals surface area contributed by atoms with Crippen LogP contribution in [0.1, 0.15) is 29.7 Å². The SMILES string of the molecule is CCOC1CC(NCc2cnc(C)s2)C1. The number of hydrogen-bond acceptors (Lipinski definition) is 4. The molecule has 3 nitrogen and oxygen atoms in total. The second-order valence-electron chi connectivity index (χ2n) is 3.97. The van der Waals surface area contributed by atoms with E-state index in [2.05, 4.69) is 17.2 Å². The number of nitrogens with one attached hydrogen (secondary N) is 1. The predicted molar refractivity (Wildman–Crippen MR) is 62.1 cm³/mol. The van der Waals surface area contributed by atoms with E-state index in [1.54, 1.807) is 11.3 Å². The van der Waals surface area contributed by atoms with Crippen LogP contribution in [-0.2, 0) is 11.3 Å². The molecular weight excluding hydrogens is 208 g/mol. The van der Waals surface area contributed by atoms with E-state index in [1.807, 2.05) is 13.1 Å². The molecule has 0 amide bonds. The van der Waals surface area contributed by atoms with Gasteiger partial charge in [-0.15, -0.1) is 11.3 Å². The molecule has 1 aliphatic rings. The quantitative estimate of drug-likeness (QED) is 0.835. The first-order valence-electron chi connectivity index (χ1n) is 5.54. The third kappa shape index (κ3) is 3.00. The van der Waals surface area contributed by atoms with Crippen molar-refractivity contribution in [3.05, 3.63) is 16.1 Å². The van der Waals surface area contributed by atoms with E-state index in [0.717, 1.165) is 31.0 Å². The van der Waals surface area contributed by atoms with Gasteiger partial charge in [0.25, 0.3) is 0 Å². The molecule has 4 heteroatoms. The Morgan fingerprint density at radius 1 is 1.60 bits per heavy atom. The standard InChI is InChI=1S/C11H18N2OS/c1-3-14-10-4-9(5-10)13-7-11-6-12-8(2)15-11/h6,9-10,13H,3-5,7H2,1-2H3. The molecule has 0 unspecified atom stereocenters. The molecule has 1 N–H and O–H groups in total. The molecule has 0 radical (unpaired) electrons. The summed E-state index contributed by atoms with van der Waals surface area (Å²) in [6, 6.07) is 0.643. The Hall–Kier alpha value is -0.450. The Bertz CT molecular complexity index is 307. The molecule has 1 fully saturated rings. The lowest BCUT2D eigenvalue weighted by Crippen LogP contribution is -2.44. The van der Waals surface area contributed by atoms with Gasteiger partial charge in [-0.2, -0.15) is 0 Å². The lowest BCUT2D eigenvalue weighted by molar-refractivity contribution is -0.0101. The van der Waals surface area contributed by atoms with Gasteiger partial charge in [0.15, 0.2) is 0 Å². The molecule has 84 valence electrons. The largest absolute Gasteiger partial charge is 0.378 e. The minimum absolute atomic E-state index is 0.496. The van der Waals surface area contributed by atoms with Crippen molar-refractivity contribution in [2.45, 2.75) is 45.4 Å². The summed E-state index contributed by atoms with van der Waals surface area (Å²) < 4.78 is 5.51. The number of thiazole rings is 1. The zero-order valence-corrected chi connectivity index (χ0v) is 10.1. The first-order valence-corrected chi connectivity index (χ1v) is 6.36. The fourth-order valence-corrected chi connectivity index (χ4v) is 2.58. The summed E-state index contributed by atoms with van der Waals surface area (Å²) in [5.74, 6) is 0. The topological polar surface area (TPSA) is 34.1 Å². The van der Waals surface area contributed by atoms with Gasteiger partial charge in [-0.1, -0.05) is 0 Å². The van der Waals surface area contributed by atoms with Crippen LogP contribution in [0.4, 0.5) is 0 Å². The van der Waals surface area contributed by atoms with Crippen molar-refractivity contribution in [3.63, 3.8) is 0 Å². The normalized spacial score (nSPS) is 25.2. The lowest BCUT2D eigenvalue weighted by Gasteiger charge is -2.35. The lowest BCUT2D eigenvalue weighted by atomic mass is 9.89. The minimum atomic E-state index is 0.496. The molecule has 0 saturated heterocycles. The maximum atomic E-state index is 5.51. The smallest absolute Gasteiger partial charge is 0.0897 e. The Balaban J connectivity index is 1.64. The van der Waals surface area contributed by atoms with Crippen LogP contribution in [0.5, 0.6) is 0 Å². The van der Waals surface area contributed by atoms with Crippen molar-refractivity contribution < 1.29 is 4.74 Å². The number of nitrogens with zero attached hydrogens (tertiary/aromatic N) is 1. The Labute approximate surface area is 94.9 Å². The molecule has 0 spiro atoms. The van der Waals surface area contributed by atoms with Crippen LogP contribution in [0.2, 0.25) is 0 Å². The highest BCUT2D eigenvalue weighted by atomic mass is 32.1. The Kier molecular flexibility index (Phi) is 3.72. The second-order valence-corrected chi connectivity index (χ2v) is 5.29. The van der Waals surface area contributed by atoms with Gasteiger partial charge < -0.3 is 10.1 Å². The molecular formula is C11H18N2OS. The van der Waals surface area contributed by atoms with Crippen molar-refractivity contribution in [1.82, 2.24) is 10.3 Å². The van der Waals surface area contributed by atoms with Gasteiger partial charge in [0.1, 0.15) is 0 Å². The van der Waals surface area contributed by atoms with E-state index >= 15 is 0 Å². The van der Waals surface area contributed by atoms with Gasteiger partial charge in [-0.05, 0) is 26.7 Å². The van der Waals surface area contributed by atoms with Crippen molar-refractivity contribution in [2.24, 2.45) is 0 Å². The maximum absolute atomic E-state index is 5.51. The highest BCUT2D eigenvalue weighted by Crippen LogP contribution is 2.23. The average molecular weight is 226 g/mol. The van der Waals surface area contributed by atoms with Gasteiger partial charge in [-0.25, -0.2) is 4.98 Å². The molecule has 15 heavy (non-hydrogen) atoms. The van der Waals surface area contributed by atoms with Crippen molar-refractivity contribution in [2.75, 3.05) is 6.61 Å². The zero-order valence-electron chi connectivity index (χ0n) is 9.32.